The van der Waals surface area contributed by atoms with Crippen LogP contribution in [-0.4, -0.2) is 0 Å². The summed E-state index contributed by atoms with van der Waals surface area (Å²) in [5.74, 6) is 1.44. The van der Waals surface area contributed by atoms with Gasteiger partial charge >= 0.3 is 0 Å². The first-order chi connectivity index (χ1) is 9.40. The monoisotopic (exact) mass is 476 g/mol. The van der Waals surface area contributed by atoms with Crippen LogP contribution in [0.4, 0.5) is 0 Å². The third kappa shape index (κ3) is 2.31. The van der Waals surface area contributed by atoms with E-state index in [0.717, 1.165) is 0 Å². The molecule has 3 rings (SSSR count). The van der Waals surface area contributed by atoms with E-state index in [1.54, 1.807) is 12.1 Å². The number of rotatable bonds is 0. The fourth-order valence-electron chi connectivity index (χ4n) is 1.68. The Labute approximate surface area is 151 Å². The Kier molecular flexibility index (Phi) is 4.08. The molecule has 20 heavy (non-hydrogen) atoms. The topological polar surface area (TPSA) is 18.5 Å². The maximum Gasteiger partial charge on any atom is 0.191 e. The Morgan fingerprint density at radius 1 is 0.700 bits per heavy atom. The Balaban J connectivity index is 2.24. The normalized spacial score (nSPS) is 12.3. The first-order valence-corrected chi connectivity index (χ1v) is 8.20. The van der Waals surface area contributed by atoms with Gasteiger partial charge in [0.1, 0.15) is 10.0 Å². The van der Waals surface area contributed by atoms with Crippen molar-refractivity contribution in [1.29, 1.82) is 0 Å². The number of benzene rings is 2. The highest BCUT2D eigenvalue weighted by atomic mass is 79.9. The number of halogens is 6. The van der Waals surface area contributed by atoms with E-state index in [1.807, 2.05) is 0 Å². The first-order valence-electron chi connectivity index (χ1n) is 5.11. The van der Waals surface area contributed by atoms with Gasteiger partial charge in [0, 0.05) is 10.5 Å². The molecule has 0 bridgehead atoms. The molecule has 104 valence electrons. The van der Waals surface area contributed by atoms with Crippen LogP contribution in [0.1, 0.15) is 0 Å². The van der Waals surface area contributed by atoms with Gasteiger partial charge in [0.15, 0.2) is 23.0 Å². The number of ether oxygens (including phenoxy) is 2. The molecule has 1 aliphatic rings. The van der Waals surface area contributed by atoms with Crippen LogP contribution in [0.25, 0.3) is 0 Å². The molecule has 0 unspecified atom stereocenters. The van der Waals surface area contributed by atoms with Crippen molar-refractivity contribution in [2.75, 3.05) is 0 Å². The van der Waals surface area contributed by atoms with Gasteiger partial charge in [-0.2, -0.15) is 0 Å². The zero-order valence-corrected chi connectivity index (χ0v) is 15.4. The molecule has 0 spiro atoms. The smallest absolute Gasteiger partial charge is 0.191 e. The quantitative estimate of drug-likeness (QED) is 0.243. The Hall–Kier alpha value is 0.160. The van der Waals surface area contributed by atoms with E-state index in [0.29, 0.717) is 42.0 Å². The fraction of sp³-hybridized carbons (Fsp3) is 0. The van der Waals surface area contributed by atoms with E-state index in [2.05, 4.69) is 31.9 Å². The summed E-state index contributed by atoms with van der Waals surface area (Å²) in [5, 5.41) is 1.14. The minimum Gasteiger partial charge on any atom is -0.448 e. The summed E-state index contributed by atoms with van der Waals surface area (Å²) in [4.78, 5) is 0. The van der Waals surface area contributed by atoms with Gasteiger partial charge in [-0.25, -0.2) is 0 Å². The highest BCUT2D eigenvalue weighted by Gasteiger charge is 2.29. The number of fused-ring (bicyclic) bond motifs is 2. The Morgan fingerprint density at radius 2 is 1.40 bits per heavy atom. The third-order valence-electron chi connectivity index (χ3n) is 2.59. The lowest BCUT2D eigenvalue weighted by atomic mass is 10.2. The average Bonchev–Trinajstić information content (AvgIpc) is 2.41. The lowest BCUT2D eigenvalue weighted by molar-refractivity contribution is 0.358. The highest BCUT2D eigenvalue weighted by Crippen LogP contribution is 2.57. The SMILES string of the molecule is Clc1cc(Br)c2c(c1Cl)Oc1c(cc(Br)c(Cl)c1Cl)O2. The lowest BCUT2D eigenvalue weighted by Gasteiger charge is -2.24. The second kappa shape index (κ2) is 5.41. The molecule has 2 nitrogen and oxygen atoms in total. The average molecular weight is 480 g/mol. The summed E-state index contributed by atoms with van der Waals surface area (Å²) in [6.07, 6.45) is 0. The van der Waals surface area contributed by atoms with Gasteiger partial charge in [-0.1, -0.05) is 46.4 Å². The number of hydrogen-bond donors (Lipinski definition) is 0. The van der Waals surface area contributed by atoms with E-state index < -0.39 is 0 Å². The minimum atomic E-state index is 0.230. The van der Waals surface area contributed by atoms with Gasteiger partial charge in [-0.05, 0) is 37.9 Å². The van der Waals surface area contributed by atoms with E-state index in [1.165, 1.54) is 0 Å². The van der Waals surface area contributed by atoms with E-state index in [4.69, 9.17) is 55.9 Å². The van der Waals surface area contributed by atoms with Gasteiger partial charge < -0.3 is 9.47 Å². The summed E-state index contributed by atoms with van der Waals surface area (Å²) in [6.45, 7) is 0. The molecule has 0 atom stereocenters. The Morgan fingerprint density at radius 3 is 2.10 bits per heavy atom. The second-order valence-corrected chi connectivity index (χ2v) is 7.08. The van der Waals surface area contributed by atoms with Crippen LogP contribution >= 0.6 is 78.3 Å². The molecule has 0 saturated heterocycles. The van der Waals surface area contributed by atoms with Crippen molar-refractivity contribution in [1.82, 2.24) is 0 Å². The molecule has 0 radical (unpaired) electrons. The van der Waals surface area contributed by atoms with E-state index in [9.17, 15) is 0 Å². The van der Waals surface area contributed by atoms with Crippen molar-refractivity contribution in [3.05, 3.63) is 41.2 Å². The van der Waals surface area contributed by atoms with E-state index >= 15 is 0 Å². The maximum atomic E-state index is 6.16. The molecule has 8 heteroatoms. The van der Waals surface area contributed by atoms with Gasteiger partial charge in [0.05, 0.1) is 14.5 Å². The zero-order chi connectivity index (χ0) is 14.6. The molecule has 2 aromatic carbocycles. The summed E-state index contributed by atoms with van der Waals surface area (Å²) in [7, 11) is 0. The predicted molar refractivity (Wildman–Crippen MR) is 88.5 cm³/mol. The molecule has 0 aromatic heterocycles. The third-order valence-corrected chi connectivity index (χ3v) is 5.65. The van der Waals surface area contributed by atoms with Gasteiger partial charge in [0.25, 0.3) is 0 Å². The molecule has 0 aliphatic carbocycles. The van der Waals surface area contributed by atoms with Gasteiger partial charge in [-0.3, -0.25) is 0 Å². The van der Waals surface area contributed by atoms with Crippen LogP contribution in [0.3, 0.4) is 0 Å². The van der Waals surface area contributed by atoms with Crippen LogP contribution in [0.15, 0.2) is 21.1 Å². The lowest BCUT2D eigenvalue weighted by Crippen LogP contribution is -2.01. The first kappa shape index (κ1) is 15.1. The summed E-state index contributed by atoms with van der Waals surface area (Å²) >= 11 is 31.0. The van der Waals surface area contributed by atoms with Gasteiger partial charge in [-0.15, -0.1) is 0 Å². The van der Waals surface area contributed by atoms with Crippen molar-refractivity contribution in [3.8, 4) is 23.0 Å². The van der Waals surface area contributed by atoms with Crippen LogP contribution in [0, 0.1) is 0 Å². The molecule has 1 aliphatic heterocycles. The maximum absolute atomic E-state index is 6.16. The summed E-state index contributed by atoms with van der Waals surface area (Å²) < 4.78 is 12.7. The van der Waals surface area contributed by atoms with Crippen molar-refractivity contribution in [2.24, 2.45) is 0 Å². The van der Waals surface area contributed by atoms with Gasteiger partial charge in [0.2, 0.25) is 0 Å². The van der Waals surface area contributed by atoms with Crippen molar-refractivity contribution < 1.29 is 9.47 Å². The fourth-order valence-corrected chi connectivity index (χ4v) is 3.57. The van der Waals surface area contributed by atoms with Crippen LogP contribution in [0.2, 0.25) is 20.1 Å². The van der Waals surface area contributed by atoms with Crippen LogP contribution < -0.4 is 9.47 Å². The zero-order valence-electron chi connectivity index (χ0n) is 9.24. The summed E-state index contributed by atoms with van der Waals surface area (Å²) in [6, 6.07) is 3.30. The van der Waals surface area contributed by atoms with E-state index in [-0.39, 0.29) is 10.0 Å². The molecular weight excluding hydrogens is 478 g/mol. The molecule has 0 saturated carbocycles. The molecular formula is C12H2Br2Cl4O2. The molecule has 0 fully saturated rings. The minimum absolute atomic E-state index is 0.230. The molecule has 0 amide bonds. The van der Waals surface area contributed by atoms with Crippen molar-refractivity contribution in [2.45, 2.75) is 0 Å². The van der Waals surface area contributed by atoms with Crippen LogP contribution in [0.5, 0.6) is 23.0 Å². The molecule has 1 heterocycles. The summed E-state index contributed by atoms with van der Waals surface area (Å²) in [5.41, 5.74) is 0. The molecule has 2 aromatic rings. The number of hydrogen-bond acceptors (Lipinski definition) is 2. The largest absolute Gasteiger partial charge is 0.448 e. The highest BCUT2D eigenvalue weighted by molar-refractivity contribution is 9.10. The van der Waals surface area contributed by atoms with Crippen LogP contribution in [-0.2, 0) is 0 Å². The standard InChI is InChI=1S/C12H2Br2Cl4O2/c13-3-2-6-11(9(18)7(3)16)20-12-8(17)5(15)1-4(14)10(12)19-6/h1-2H. The van der Waals surface area contributed by atoms with Crippen molar-refractivity contribution in [3.63, 3.8) is 0 Å². The predicted octanol–water partition coefficient (Wildman–Crippen LogP) is 7.72. The molecule has 0 N–H and O–H groups in total. The second-order valence-electron chi connectivity index (χ2n) is 3.83. The Bertz CT molecular complexity index is 749. The van der Waals surface area contributed by atoms with Crippen molar-refractivity contribution >= 4 is 78.3 Å².